The van der Waals surface area contributed by atoms with Crippen LogP contribution >= 0.6 is 0 Å². The predicted molar refractivity (Wildman–Crippen MR) is 58.5 cm³/mol. The number of rotatable bonds is 8. The summed E-state index contributed by atoms with van der Waals surface area (Å²) in [6.07, 6.45) is 2.63. The van der Waals surface area contributed by atoms with Gasteiger partial charge in [-0.15, -0.1) is 0 Å². The molecule has 5 heteroatoms. The van der Waals surface area contributed by atoms with E-state index in [4.69, 9.17) is 4.74 Å². The van der Waals surface area contributed by atoms with Gasteiger partial charge in [0.2, 0.25) is 0 Å². The van der Waals surface area contributed by atoms with Gasteiger partial charge in [0, 0.05) is 19.8 Å². The van der Waals surface area contributed by atoms with E-state index in [0.29, 0.717) is 0 Å². The predicted octanol–water partition coefficient (Wildman–Crippen LogP) is 0.814. The molecular weight excluding hydrogens is 192 g/mol. The maximum atomic E-state index is 5.24. The maximum Gasteiger partial charge on any atom is 0.140 e. The molecular formula is C10H20N4O. The third-order valence-electron chi connectivity index (χ3n) is 2.12. The Kier molecular flexibility index (Phi) is 5.96. The van der Waals surface area contributed by atoms with Gasteiger partial charge in [-0.05, 0) is 26.8 Å². The van der Waals surface area contributed by atoms with Gasteiger partial charge in [0.1, 0.15) is 12.2 Å². The standard InChI is InChI=1S/C10H20N4O/c1-3-14-10(12-9-13-14)8-11-6-5-7-15-4-2/h9,11H,3-8H2,1-2H3. The molecule has 0 saturated heterocycles. The highest BCUT2D eigenvalue weighted by atomic mass is 16.5. The normalized spacial score (nSPS) is 10.8. The molecule has 1 heterocycles. The van der Waals surface area contributed by atoms with Gasteiger partial charge in [-0.1, -0.05) is 0 Å². The highest BCUT2D eigenvalue weighted by molar-refractivity contribution is 4.83. The maximum absolute atomic E-state index is 5.24. The first-order valence-electron chi connectivity index (χ1n) is 5.53. The van der Waals surface area contributed by atoms with Gasteiger partial charge in [-0.2, -0.15) is 5.10 Å². The molecule has 0 aliphatic heterocycles. The lowest BCUT2D eigenvalue weighted by molar-refractivity contribution is 0.144. The molecule has 0 bridgehead atoms. The lowest BCUT2D eigenvalue weighted by Gasteiger charge is -2.05. The molecule has 0 aliphatic rings. The van der Waals surface area contributed by atoms with Crippen molar-refractivity contribution in [1.82, 2.24) is 20.1 Å². The molecule has 1 aromatic rings. The molecule has 1 rings (SSSR count). The summed E-state index contributed by atoms with van der Waals surface area (Å²) in [7, 11) is 0. The number of ether oxygens (including phenoxy) is 1. The van der Waals surface area contributed by atoms with Crippen molar-refractivity contribution in [1.29, 1.82) is 0 Å². The van der Waals surface area contributed by atoms with Crippen molar-refractivity contribution in [2.45, 2.75) is 33.4 Å². The number of hydrogen-bond donors (Lipinski definition) is 1. The zero-order chi connectivity index (χ0) is 10.9. The summed E-state index contributed by atoms with van der Waals surface area (Å²) in [5.41, 5.74) is 0. The van der Waals surface area contributed by atoms with Gasteiger partial charge in [-0.3, -0.25) is 0 Å². The smallest absolute Gasteiger partial charge is 0.140 e. The third kappa shape index (κ3) is 4.40. The molecule has 1 N–H and O–H groups in total. The number of aryl methyl sites for hydroxylation is 1. The fourth-order valence-electron chi connectivity index (χ4n) is 1.33. The van der Waals surface area contributed by atoms with Crippen LogP contribution in [0.1, 0.15) is 26.1 Å². The average molecular weight is 212 g/mol. The molecule has 0 amide bonds. The first-order valence-corrected chi connectivity index (χ1v) is 5.53. The highest BCUT2D eigenvalue weighted by Gasteiger charge is 2.00. The molecule has 5 nitrogen and oxygen atoms in total. The minimum atomic E-state index is 0.778. The Hall–Kier alpha value is -0.940. The van der Waals surface area contributed by atoms with Crippen LogP contribution in [0.25, 0.3) is 0 Å². The van der Waals surface area contributed by atoms with Crippen LogP contribution in [0, 0.1) is 0 Å². The first kappa shape index (κ1) is 12.1. The van der Waals surface area contributed by atoms with Crippen molar-refractivity contribution < 1.29 is 4.74 Å². The number of aromatic nitrogens is 3. The van der Waals surface area contributed by atoms with E-state index in [2.05, 4.69) is 22.3 Å². The van der Waals surface area contributed by atoms with Gasteiger partial charge in [0.25, 0.3) is 0 Å². The molecule has 0 spiro atoms. The van der Waals surface area contributed by atoms with E-state index in [1.54, 1.807) is 6.33 Å². The minimum absolute atomic E-state index is 0.778. The van der Waals surface area contributed by atoms with E-state index in [1.807, 2.05) is 11.6 Å². The average Bonchev–Trinajstić information content (AvgIpc) is 2.70. The van der Waals surface area contributed by atoms with Crippen LogP contribution in [-0.2, 0) is 17.8 Å². The summed E-state index contributed by atoms with van der Waals surface area (Å²) in [6.45, 7) is 8.30. The zero-order valence-corrected chi connectivity index (χ0v) is 9.57. The fourth-order valence-corrected chi connectivity index (χ4v) is 1.33. The van der Waals surface area contributed by atoms with Crippen molar-refractivity contribution in [3.8, 4) is 0 Å². The third-order valence-corrected chi connectivity index (χ3v) is 2.12. The summed E-state index contributed by atoms with van der Waals surface area (Å²) >= 11 is 0. The van der Waals surface area contributed by atoms with E-state index >= 15 is 0 Å². The quantitative estimate of drug-likeness (QED) is 0.648. The summed E-state index contributed by atoms with van der Waals surface area (Å²) in [4.78, 5) is 4.18. The number of hydrogen-bond acceptors (Lipinski definition) is 4. The monoisotopic (exact) mass is 212 g/mol. The second kappa shape index (κ2) is 7.36. The van der Waals surface area contributed by atoms with Crippen molar-refractivity contribution in [3.63, 3.8) is 0 Å². The lowest BCUT2D eigenvalue weighted by atomic mass is 10.4. The minimum Gasteiger partial charge on any atom is -0.382 e. The summed E-state index contributed by atoms with van der Waals surface area (Å²) < 4.78 is 7.14. The number of nitrogens with one attached hydrogen (secondary N) is 1. The molecule has 0 atom stereocenters. The molecule has 1 aromatic heterocycles. The Labute approximate surface area is 90.8 Å². The largest absolute Gasteiger partial charge is 0.382 e. The topological polar surface area (TPSA) is 52.0 Å². The van der Waals surface area contributed by atoms with Crippen LogP contribution < -0.4 is 5.32 Å². The van der Waals surface area contributed by atoms with Crippen molar-refractivity contribution >= 4 is 0 Å². The zero-order valence-electron chi connectivity index (χ0n) is 9.57. The van der Waals surface area contributed by atoms with E-state index in [0.717, 1.165) is 45.1 Å². The Morgan fingerprint density at radius 1 is 1.47 bits per heavy atom. The van der Waals surface area contributed by atoms with Crippen molar-refractivity contribution in [3.05, 3.63) is 12.2 Å². The van der Waals surface area contributed by atoms with E-state index in [1.165, 1.54) is 0 Å². The van der Waals surface area contributed by atoms with Gasteiger partial charge < -0.3 is 10.1 Å². The van der Waals surface area contributed by atoms with Crippen LogP contribution in [0.2, 0.25) is 0 Å². The molecule has 0 radical (unpaired) electrons. The number of nitrogens with zero attached hydrogens (tertiary/aromatic N) is 3. The lowest BCUT2D eigenvalue weighted by Crippen LogP contribution is -2.19. The second-order valence-corrected chi connectivity index (χ2v) is 3.22. The Balaban J connectivity index is 2.09. The molecule has 0 aliphatic carbocycles. The van der Waals surface area contributed by atoms with Gasteiger partial charge >= 0.3 is 0 Å². The Morgan fingerprint density at radius 2 is 2.33 bits per heavy atom. The van der Waals surface area contributed by atoms with Crippen LogP contribution in [0.3, 0.4) is 0 Å². The molecule has 0 unspecified atom stereocenters. The van der Waals surface area contributed by atoms with Crippen LogP contribution in [0.5, 0.6) is 0 Å². The van der Waals surface area contributed by atoms with Crippen LogP contribution in [0.15, 0.2) is 6.33 Å². The molecule has 0 aromatic carbocycles. The van der Waals surface area contributed by atoms with Crippen molar-refractivity contribution in [2.24, 2.45) is 0 Å². The molecule has 86 valence electrons. The van der Waals surface area contributed by atoms with E-state index < -0.39 is 0 Å². The van der Waals surface area contributed by atoms with Gasteiger partial charge in [0.05, 0.1) is 6.54 Å². The first-order chi connectivity index (χ1) is 7.38. The Morgan fingerprint density at radius 3 is 3.07 bits per heavy atom. The molecule has 0 saturated carbocycles. The Bertz CT molecular complexity index is 262. The van der Waals surface area contributed by atoms with Crippen molar-refractivity contribution in [2.75, 3.05) is 19.8 Å². The highest BCUT2D eigenvalue weighted by Crippen LogP contribution is 1.92. The molecule has 15 heavy (non-hydrogen) atoms. The summed E-state index contributed by atoms with van der Waals surface area (Å²) in [5, 5.41) is 7.42. The second-order valence-electron chi connectivity index (χ2n) is 3.22. The summed E-state index contributed by atoms with van der Waals surface area (Å²) in [6, 6.07) is 0. The SMILES string of the molecule is CCOCCCNCc1ncnn1CC. The van der Waals surface area contributed by atoms with E-state index in [-0.39, 0.29) is 0 Å². The fraction of sp³-hybridized carbons (Fsp3) is 0.800. The van der Waals surface area contributed by atoms with Crippen LogP contribution in [0.4, 0.5) is 0 Å². The van der Waals surface area contributed by atoms with Gasteiger partial charge in [0.15, 0.2) is 0 Å². The van der Waals surface area contributed by atoms with Gasteiger partial charge in [-0.25, -0.2) is 9.67 Å². The molecule has 0 fully saturated rings. The summed E-state index contributed by atoms with van der Waals surface area (Å²) in [5.74, 6) is 0.994. The van der Waals surface area contributed by atoms with Crippen LogP contribution in [-0.4, -0.2) is 34.5 Å². The van der Waals surface area contributed by atoms with E-state index in [9.17, 15) is 0 Å².